The second kappa shape index (κ2) is 3.94. The molecule has 1 aliphatic rings. The molecule has 1 aliphatic carbocycles. The molecule has 1 saturated carbocycles. The predicted octanol–water partition coefficient (Wildman–Crippen LogP) is 1.75. The molecular formula is C8H15O2. The van der Waals surface area contributed by atoms with E-state index in [0.717, 1.165) is 18.9 Å². The van der Waals surface area contributed by atoms with Gasteiger partial charge in [-0.15, -0.1) is 0 Å². The Kier molecular flexibility index (Phi) is 3.16. The Labute approximate surface area is 62.5 Å². The lowest BCUT2D eigenvalue weighted by Gasteiger charge is -2.27. The molecule has 1 unspecified atom stereocenters. The molecule has 2 heteroatoms. The van der Waals surface area contributed by atoms with Gasteiger partial charge in [0, 0.05) is 14.2 Å². The van der Waals surface area contributed by atoms with Gasteiger partial charge in [-0.25, -0.2) is 0 Å². The second-order valence-corrected chi connectivity index (χ2v) is 2.64. The second-order valence-electron chi connectivity index (χ2n) is 2.64. The molecule has 1 radical (unpaired) electrons. The van der Waals surface area contributed by atoms with Crippen LogP contribution >= 0.6 is 0 Å². The Morgan fingerprint density at radius 1 is 1.30 bits per heavy atom. The maximum Gasteiger partial charge on any atom is 0.125 e. The Hall–Kier alpha value is -0.0800. The van der Waals surface area contributed by atoms with E-state index in [9.17, 15) is 0 Å². The summed E-state index contributed by atoms with van der Waals surface area (Å²) in [5.41, 5.74) is 0. The SMILES string of the molecule is CO[C]1CCCCC1OC. The van der Waals surface area contributed by atoms with E-state index in [1.165, 1.54) is 12.8 Å². The van der Waals surface area contributed by atoms with Crippen molar-refractivity contribution in [2.45, 2.75) is 31.8 Å². The van der Waals surface area contributed by atoms with E-state index in [0.29, 0.717) is 0 Å². The molecule has 10 heavy (non-hydrogen) atoms. The summed E-state index contributed by atoms with van der Waals surface area (Å²) in [6, 6.07) is 0. The molecule has 0 aliphatic heterocycles. The van der Waals surface area contributed by atoms with Crippen LogP contribution in [0.25, 0.3) is 0 Å². The van der Waals surface area contributed by atoms with Gasteiger partial charge in [0.2, 0.25) is 0 Å². The van der Waals surface area contributed by atoms with Crippen molar-refractivity contribution in [1.82, 2.24) is 0 Å². The fourth-order valence-corrected chi connectivity index (χ4v) is 1.43. The third-order valence-corrected chi connectivity index (χ3v) is 2.05. The van der Waals surface area contributed by atoms with Gasteiger partial charge in [0.25, 0.3) is 0 Å². The minimum Gasteiger partial charge on any atom is -0.378 e. The van der Waals surface area contributed by atoms with Gasteiger partial charge in [0.15, 0.2) is 0 Å². The quantitative estimate of drug-likeness (QED) is 0.586. The first-order valence-electron chi connectivity index (χ1n) is 3.81. The zero-order valence-electron chi connectivity index (χ0n) is 6.72. The van der Waals surface area contributed by atoms with Gasteiger partial charge < -0.3 is 9.47 Å². The lowest BCUT2D eigenvalue weighted by atomic mass is 9.95. The van der Waals surface area contributed by atoms with Crippen LogP contribution in [-0.2, 0) is 9.47 Å². The number of methoxy groups -OCH3 is 2. The summed E-state index contributed by atoms with van der Waals surface area (Å²) in [6.07, 6.45) is 6.11. The van der Waals surface area contributed by atoms with E-state index >= 15 is 0 Å². The summed E-state index contributed by atoms with van der Waals surface area (Å²) in [5, 5.41) is 0. The molecule has 0 amide bonds. The number of hydrogen-bond acceptors (Lipinski definition) is 2. The molecule has 0 heterocycles. The van der Waals surface area contributed by atoms with Crippen molar-refractivity contribution in [3.63, 3.8) is 0 Å². The highest BCUT2D eigenvalue weighted by Crippen LogP contribution is 2.28. The smallest absolute Gasteiger partial charge is 0.125 e. The molecule has 2 nitrogen and oxygen atoms in total. The molecule has 0 aromatic heterocycles. The van der Waals surface area contributed by atoms with E-state index in [4.69, 9.17) is 9.47 Å². The summed E-state index contributed by atoms with van der Waals surface area (Å²) in [4.78, 5) is 0. The predicted molar refractivity (Wildman–Crippen MR) is 39.5 cm³/mol. The van der Waals surface area contributed by atoms with Crippen molar-refractivity contribution in [3.05, 3.63) is 6.10 Å². The average Bonchev–Trinajstić information content (AvgIpc) is 2.04. The fraction of sp³-hybridized carbons (Fsp3) is 0.875. The lowest BCUT2D eigenvalue weighted by molar-refractivity contribution is 0.00817. The zero-order valence-corrected chi connectivity index (χ0v) is 6.72. The maximum atomic E-state index is 5.23. The Morgan fingerprint density at radius 3 is 2.60 bits per heavy atom. The first-order valence-corrected chi connectivity index (χ1v) is 3.81. The van der Waals surface area contributed by atoms with Gasteiger partial charge in [-0.05, 0) is 12.8 Å². The Balaban J connectivity index is 2.34. The van der Waals surface area contributed by atoms with Crippen molar-refractivity contribution in [3.8, 4) is 0 Å². The van der Waals surface area contributed by atoms with E-state index in [1.807, 2.05) is 0 Å². The molecular weight excluding hydrogens is 128 g/mol. The molecule has 0 aromatic rings. The fourth-order valence-electron chi connectivity index (χ4n) is 1.43. The minimum atomic E-state index is 0.263. The van der Waals surface area contributed by atoms with Gasteiger partial charge >= 0.3 is 0 Å². The number of hydrogen-bond donors (Lipinski definition) is 0. The van der Waals surface area contributed by atoms with E-state index in [1.54, 1.807) is 14.2 Å². The van der Waals surface area contributed by atoms with Crippen LogP contribution in [0.2, 0.25) is 0 Å². The molecule has 59 valence electrons. The maximum absolute atomic E-state index is 5.23. The van der Waals surface area contributed by atoms with Crippen LogP contribution in [0.15, 0.2) is 0 Å². The van der Waals surface area contributed by atoms with Gasteiger partial charge in [0.1, 0.15) is 6.10 Å². The van der Waals surface area contributed by atoms with E-state index in [2.05, 4.69) is 0 Å². The largest absolute Gasteiger partial charge is 0.378 e. The normalized spacial score (nSPS) is 28.8. The molecule has 0 aromatic carbocycles. The van der Waals surface area contributed by atoms with Gasteiger partial charge in [0.05, 0.1) is 6.10 Å². The highest BCUT2D eigenvalue weighted by molar-refractivity contribution is 4.91. The summed E-state index contributed by atoms with van der Waals surface area (Å²) in [6.45, 7) is 0. The first-order chi connectivity index (χ1) is 4.88. The Bertz CT molecular complexity index is 81.3. The molecule has 1 atom stereocenters. The Morgan fingerprint density at radius 2 is 2.10 bits per heavy atom. The van der Waals surface area contributed by atoms with Crippen LogP contribution in [0.1, 0.15) is 25.7 Å². The topological polar surface area (TPSA) is 18.5 Å². The van der Waals surface area contributed by atoms with Crippen LogP contribution in [0.4, 0.5) is 0 Å². The van der Waals surface area contributed by atoms with Crippen molar-refractivity contribution >= 4 is 0 Å². The van der Waals surface area contributed by atoms with Crippen molar-refractivity contribution < 1.29 is 9.47 Å². The minimum absolute atomic E-state index is 0.263. The number of ether oxygens (including phenoxy) is 2. The monoisotopic (exact) mass is 143 g/mol. The average molecular weight is 143 g/mol. The van der Waals surface area contributed by atoms with Gasteiger partial charge in [-0.2, -0.15) is 0 Å². The lowest BCUT2D eigenvalue weighted by Crippen LogP contribution is -2.25. The molecule has 0 N–H and O–H groups in total. The van der Waals surface area contributed by atoms with Gasteiger partial charge in [-0.3, -0.25) is 0 Å². The van der Waals surface area contributed by atoms with Gasteiger partial charge in [-0.1, -0.05) is 12.8 Å². The van der Waals surface area contributed by atoms with E-state index in [-0.39, 0.29) is 6.10 Å². The highest BCUT2D eigenvalue weighted by atomic mass is 16.5. The zero-order chi connectivity index (χ0) is 7.40. The van der Waals surface area contributed by atoms with Crippen molar-refractivity contribution in [2.75, 3.05) is 14.2 Å². The molecule has 1 fully saturated rings. The first kappa shape index (κ1) is 8.02. The third-order valence-electron chi connectivity index (χ3n) is 2.05. The third kappa shape index (κ3) is 1.70. The standard InChI is InChI=1S/C8H15O2/c1-9-7-5-3-4-6-8(7)10-2/h7H,3-6H2,1-2H3. The summed E-state index contributed by atoms with van der Waals surface area (Å²) in [7, 11) is 3.47. The summed E-state index contributed by atoms with van der Waals surface area (Å²) < 4.78 is 10.4. The molecule has 0 spiro atoms. The summed E-state index contributed by atoms with van der Waals surface area (Å²) >= 11 is 0. The molecule has 0 saturated heterocycles. The number of rotatable bonds is 2. The molecule has 1 rings (SSSR count). The molecule has 0 bridgehead atoms. The van der Waals surface area contributed by atoms with Crippen molar-refractivity contribution in [1.29, 1.82) is 0 Å². The van der Waals surface area contributed by atoms with Crippen LogP contribution in [-0.4, -0.2) is 20.3 Å². The van der Waals surface area contributed by atoms with Crippen LogP contribution < -0.4 is 0 Å². The van der Waals surface area contributed by atoms with Crippen molar-refractivity contribution in [2.24, 2.45) is 0 Å². The van der Waals surface area contributed by atoms with Crippen LogP contribution in [0.3, 0.4) is 0 Å². The highest BCUT2D eigenvalue weighted by Gasteiger charge is 2.25. The van der Waals surface area contributed by atoms with Crippen LogP contribution in [0, 0.1) is 6.10 Å². The van der Waals surface area contributed by atoms with E-state index < -0.39 is 0 Å². The summed E-state index contributed by atoms with van der Waals surface area (Å²) in [5.74, 6) is 0. The van der Waals surface area contributed by atoms with Crippen LogP contribution in [0.5, 0.6) is 0 Å².